The second-order valence-electron chi connectivity index (χ2n) is 4.79. The Bertz CT molecular complexity index is 542. The molecule has 0 amide bonds. The maximum absolute atomic E-state index is 5.69. The fraction of sp³-hybridized carbons (Fsp3) is 0.467. The van der Waals surface area contributed by atoms with Crippen molar-refractivity contribution in [2.75, 3.05) is 24.4 Å². The number of aromatic nitrogens is 2. The molecule has 0 unspecified atom stereocenters. The zero-order chi connectivity index (χ0) is 13.7. The minimum atomic E-state index is 0.749. The Kier molecular flexibility index (Phi) is 4.97. The summed E-state index contributed by atoms with van der Waals surface area (Å²) < 4.78 is 0. The van der Waals surface area contributed by atoms with Gasteiger partial charge in [0.25, 0.3) is 0 Å². The average molecular weight is 278 g/mol. The molecular formula is C15H20ClN3. The lowest BCUT2D eigenvalue weighted by Gasteiger charge is -2.20. The Labute approximate surface area is 119 Å². The average Bonchev–Trinajstić information content (AvgIpc) is 2.42. The van der Waals surface area contributed by atoms with Crippen molar-refractivity contribution in [2.45, 2.75) is 26.2 Å². The predicted molar refractivity (Wildman–Crippen MR) is 82.1 cm³/mol. The summed E-state index contributed by atoms with van der Waals surface area (Å²) in [6.45, 7) is 3.01. The van der Waals surface area contributed by atoms with Crippen molar-refractivity contribution in [3.8, 4) is 0 Å². The molecule has 0 aliphatic rings. The smallest absolute Gasteiger partial charge is 0.150 e. The van der Waals surface area contributed by atoms with Gasteiger partial charge in [0.05, 0.1) is 16.7 Å². The van der Waals surface area contributed by atoms with Gasteiger partial charge in [0.15, 0.2) is 5.82 Å². The second-order valence-corrected chi connectivity index (χ2v) is 5.17. The highest BCUT2D eigenvalue weighted by atomic mass is 35.5. The van der Waals surface area contributed by atoms with E-state index in [-0.39, 0.29) is 0 Å². The van der Waals surface area contributed by atoms with Crippen molar-refractivity contribution < 1.29 is 0 Å². The summed E-state index contributed by atoms with van der Waals surface area (Å²) >= 11 is 5.69. The zero-order valence-corrected chi connectivity index (χ0v) is 12.3. The van der Waals surface area contributed by atoms with Gasteiger partial charge in [0.2, 0.25) is 0 Å². The van der Waals surface area contributed by atoms with Crippen LogP contribution in [-0.4, -0.2) is 29.4 Å². The molecule has 3 nitrogen and oxygen atoms in total. The summed E-state index contributed by atoms with van der Waals surface area (Å²) in [5.74, 6) is 1.72. The summed E-state index contributed by atoms with van der Waals surface area (Å²) in [6.07, 6.45) is 3.38. The summed E-state index contributed by atoms with van der Waals surface area (Å²) in [5, 5.41) is 0. The summed E-state index contributed by atoms with van der Waals surface area (Å²) in [5.41, 5.74) is 2.90. The molecule has 102 valence electrons. The van der Waals surface area contributed by atoms with Crippen LogP contribution in [0.5, 0.6) is 0 Å². The third kappa shape index (κ3) is 3.57. The molecule has 0 aliphatic heterocycles. The number of benzene rings is 1. The molecule has 0 bridgehead atoms. The monoisotopic (exact) mass is 277 g/mol. The zero-order valence-electron chi connectivity index (χ0n) is 11.6. The quantitative estimate of drug-likeness (QED) is 0.594. The Morgan fingerprint density at radius 2 is 1.74 bits per heavy atom. The Balaban J connectivity index is 2.12. The minimum absolute atomic E-state index is 0.749. The number of nitrogens with zero attached hydrogens (tertiary/aromatic N) is 3. The number of para-hydroxylation sites is 2. The lowest BCUT2D eigenvalue weighted by molar-refractivity contribution is 0.702. The lowest BCUT2D eigenvalue weighted by atomic mass is 10.2. The molecule has 1 aromatic heterocycles. The molecule has 0 aliphatic carbocycles. The van der Waals surface area contributed by atoms with E-state index in [0.717, 1.165) is 54.2 Å². The molecular weight excluding hydrogens is 258 g/mol. The van der Waals surface area contributed by atoms with Gasteiger partial charge in [0, 0.05) is 19.5 Å². The van der Waals surface area contributed by atoms with E-state index in [1.807, 2.05) is 31.2 Å². The van der Waals surface area contributed by atoms with E-state index in [2.05, 4.69) is 16.9 Å². The second kappa shape index (κ2) is 6.71. The van der Waals surface area contributed by atoms with Crippen LogP contribution >= 0.6 is 11.6 Å². The summed E-state index contributed by atoms with van der Waals surface area (Å²) in [7, 11) is 2.08. The molecule has 0 N–H and O–H groups in total. The van der Waals surface area contributed by atoms with Crippen LogP contribution in [0.15, 0.2) is 24.3 Å². The normalized spacial score (nSPS) is 10.9. The summed E-state index contributed by atoms with van der Waals surface area (Å²) in [6, 6.07) is 7.99. The van der Waals surface area contributed by atoms with E-state index in [0.29, 0.717) is 0 Å². The Morgan fingerprint density at radius 1 is 1.05 bits per heavy atom. The van der Waals surface area contributed by atoms with Crippen LogP contribution in [0.3, 0.4) is 0 Å². The predicted octanol–water partition coefficient (Wildman–Crippen LogP) is 3.78. The topological polar surface area (TPSA) is 29.0 Å². The molecule has 0 saturated heterocycles. The van der Waals surface area contributed by atoms with Crippen molar-refractivity contribution in [1.82, 2.24) is 9.97 Å². The van der Waals surface area contributed by atoms with Gasteiger partial charge in [-0.1, -0.05) is 18.6 Å². The molecule has 0 fully saturated rings. The Morgan fingerprint density at radius 3 is 2.42 bits per heavy atom. The minimum Gasteiger partial charge on any atom is -0.358 e. The van der Waals surface area contributed by atoms with E-state index in [9.17, 15) is 0 Å². The molecule has 0 saturated carbocycles. The lowest BCUT2D eigenvalue weighted by Crippen LogP contribution is -2.21. The van der Waals surface area contributed by atoms with Crippen LogP contribution in [-0.2, 0) is 0 Å². The van der Waals surface area contributed by atoms with Crippen molar-refractivity contribution in [1.29, 1.82) is 0 Å². The third-order valence-electron chi connectivity index (χ3n) is 3.21. The SMILES string of the molecule is Cc1nc2ccccc2nc1N(C)CCCCCCl. The number of rotatable bonds is 6. The molecule has 1 heterocycles. The molecule has 2 rings (SSSR count). The molecule has 4 heteroatoms. The van der Waals surface area contributed by atoms with Crippen LogP contribution < -0.4 is 4.90 Å². The number of anilines is 1. The Hall–Kier alpha value is -1.35. The van der Waals surface area contributed by atoms with E-state index < -0.39 is 0 Å². The van der Waals surface area contributed by atoms with Crippen molar-refractivity contribution in [3.63, 3.8) is 0 Å². The fourth-order valence-electron chi connectivity index (χ4n) is 2.17. The van der Waals surface area contributed by atoms with E-state index in [1.54, 1.807) is 0 Å². The first-order valence-electron chi connectivity index (χ1n) is 6.73. The van der Waals surface area contributed by atoms with Crippen LogP contribution in [0.2, 0.25) is 0 Å². The molecule has 19 heavy (non-hydrogen) atoms. The van der Waals surface area contributed by atoms with Gasteiger partial charge >= 0.3 is 0 Å². The number of aryl methyl sites for hydroxylation is 1. The molecule has 1 aromatic carbocycles. The number of fused-ring (bicyclic) bond motifs is 1. The molecule has 2 aromatic rings. The fourth-order valence-corrected chi connectivity index (χ4v) is 2.36. The van der Waals surface area contributed by atoms with Crippen LogP contribution in [0.1, 0.15) is 25.0 Å². The van der Waals surface area contributed by atoms with Gasteiger partial charge in [0.1, 0.15) is 0 Å². The molecule has 0 atom stereocenters. The molecule has 0 radical (unpaired) electrons. The first-order chi connectivity index (χ1) is 9.22. The van der Waals surface area contributed by atoms with E-state index in [4.69, 9.17) is 16.6 Å². The van der Waals surface area contributed by atoms with Crippen molar-refractivity contribution >= 4 is 28.5 Å². The first kappa shape index (κ1) is 14.1. The van der Waals surface area contributed by atoms with E-state index >= 15 is 0 Å². The van der Waals surface area contributed by atoms with Gasteiger partial charge in [-0.15, -0.1) is 11.6 Å². The largest absolute Gasteiger partial charge is 0.358 e. The number of alkyl halides is 1. The maximum Gasteiger partial charge on any atom is 0.150 e. The van der Waals surface area contributed by atoms with Gasteiger partial charge in [-0.3, -0.25) is 0 Å². The van der Waals surface area contributed by atoms with Crippen molar-refractivity contribution in [3.05, 3.63) is 30.0 Å². The van der Waals surface area contributed by atoms with Crippen LogP contribution in [0.25, 0.3) is 11.0 Å². The number of halogens is 1. The highest BCUT2D eigenvalue weighted by Crippen LogP contribution is 2.19. The number of hydrogen-bond acceptors (Lipinski definition) is 3. The summed E-state index contributed by atoms with van der Waals surface area (Å²) in [4.78, 5) is 11.5. The standard InChI is InChI=1S/C15H20ClN3/c1-12-15(19(2)11-7-3-6-10-16)18-14-9-5-4-8-13(14)17-12/h4-5,8-9H,3,6-7,10-11H2,1-2H3. The highest BCUT2D eigenvalue weighted by Gasteiger charge is 2.09. The van der Waals surface area contributed by atoms with Gasteiger partial charge in [-0.25, -0.2) is 9.97 Å². The third-order valence-corrected chi connectivity index (χ3v) is 3.48. The van der Waals surface area contributed by atoms with Gasteiger partial charge < -0.3 is 4.90 Å². The maximum atomic E-state index is 5.69. The van der Waals surface area contributed by atoms with Crippen molar-refractivity contribution in [2.24, 2.45) is 0 Å². The number of unbranched alkanes of at least 4 members (excludes halogenated alkanes) is 2. The number of hydrogen-bond donors (Lipinski definition) is 0. The first-order valence-corrected chi connectivity index (χ1v) is 7.26. The van der Waals surface area contributed by atoms with Crippen LogP contribution in [0.4, 0.5) is 5.82 Å². The van der Waals surface area contributed by atoms with Gasteiger partial charge in [-0.05, 0) is 31.9 Å². The highest BCUT2D eigenvalue weighted by molar-refractivity contribution is 6.17. The van der Waals surface area contributed by atoms with Gasteiger partial charge in [-0.2, -0.15) is 0 Å². The van der Waals surface area contributed by atoms with E-state index in [1.165, 1.54) is 0 Å². The molecule has 0 spiro atoms. The van der Waals surface area contributed by atoms with Crippen LogP contribution in [0, 0.1) is 6.92 Å².